The van der Waals surface area contributed by atoms with Gasteiger partial charge in [-0.1, -0.05) is 57.2 Å². The third-order valence-corrected chi connectivity index (χ3v) is 7.56. The van der Waals surface area contributed by atoms with Crippen molar-refractivity contribution < 1.29 is 29.0 Å². The molecule has 1 heterocycles. The molecule has 0 spiro atoms. The van der Waals surface area contributed by atoms with Gasteiger partial charge in [0, 0.05) is 4.88 Å². The van der Waals surface area contributed by atoms with Crippen LogP contribution in [0.25, 0.3) is 10.4 Å². The van der Waals surface area contributed by atoms with Crippen LogP contribution in [-0.2, 0) is 11.4 Å². The number of hydrogen-bond acceptors (Lipinski definition) is 10. The Balaban J connectivity index is 1.43. The molecule has 4 rings (SSSR count). The van der Waals surface area contributed by atoms with Crippen molar-refractivity contribution in [2.24, 2.45) is 0 Å². The molecular formula is C24H15NO7S3. The van der Waals surface area contributed by atoms with Crippen LogP contribution >= 0.6 is 32.9 Å². The Hall–Kier alpha value is -3.93. The van der Waals surface area contributed by atoms with Crippen molar-refractivity contribution >= 4 is 44.8 Å². The number of para-hydroxylation sites is 1. The van der Waals surface area contributed by atoms with E-state index in [4.69, 9.17) is 21.7 Å². The van der Waals surface area contributed by atoms with E-state index in [2.05, 4.69) is 4.84 Å². The molecule has 0 radical (unpaired) electrons. The zero-order valence-corrected chi connectivity index (χ0v) is 20.2. The van der Waals surface area contributed by atoms with Gasteiger partial charge in [0.15, 0.2) is 0 Å². The van der Waals surface area contributed by atoms with Gasteiger partial charge in [0.1, 0.15) is 27.5 Å². The van der Waals surface area contributed by atoms with Crippen LogP contribution in [0.15, 0.2) is 78.9 Å². The third kappa shape index (κ3) is 6.35. The molecule has 11 heteroatoms. The average Bonchev–Trinajstić information content (AvgIpc) is 3.30. The molecule has 0 atom stereocenters. The van der Waals surface area contributed by atoms with Crippen molar-refractivity contribution in [1.82, 2.24) is 0 Å². The monoisotopic (exact) mass is 525 g/mol. The maximum Gasteiger partial charge on any atom is 0.347 e. The molecule has 1 aromatic heterocycles. The number of carbonyl (C=O) groups excluding carboxylic acids is 2. The first kappa shape index (κ1) is 24.2. The first-order chi connectivity index (χ1) is 16.9. The molecular weight excluding hydrogens is 510 g/mol. The lowest BCUT2D eigenvalue weighted by atomic mass is 10.1. The highest BCUT2D eigenvalue weighted by Crippen LogP contribution is 2.31. The Labute approximate surface area is 211 Å². The molecule has 0 aliphatic heterocycles. The number of benzene rings is 3. The van der Waals surface area contributed by atoms with E-state index in [1.165, 1.54) is 46.7 Å². The minimum atomic E-state index is -0.895. The van der Waals surface area contributed by atoms with Gasteiger partial charge in [-0.25, -0.2) is 9.59 Å². The van der Waals surface area contributed by atoms with Crippen LogP contribution in [0.3, 0.4) is 0 Å². The van der Waals surface area contributed by atoms with Gasteiger partial charge in [-0.2, -0.15) is 0 Å². The zero-order chi connectivity index (χ0) is 24.8. The van der Waals surface area contributed by atoms with E-state index in [1.54, 1.807) is 34.6 Å². The van der Waals surface area contributed by atoms with E-state index in [1.807, 2.05) is 18.2 Å². The van der Waals surface area contributed by atoms with Crippen molar-refractivity contribution in [3.8, 4) is 21.9 Å². The summed E-state index contributed by atoms with van der Waals surface area (Å²) in [5.41, 5.74) is 1.76. The van der Waals surface area contributed by atoms with Gasteiger partial charge in [-0.15, -0.1) is 10.1 Å². The molecule has 0 fully saturated rings. The number of rotatable bonds is 8. The van der Waals surface area contributed by atoms with Crippen LogP contribution in [0.4, 0.5) is 0 Å². The van der Waals surface area contributed by atoms with Gasteiger partial charge in [-0.3, -0.25) is 0 Å². The van der Waals surface area contributed by atoms with E-state index >= 15 is 0 Å². The summed E-state index contributed by atoms with van der Waals surface area (Å²) in [6, 6.07) is 21.1. The molecule has 3 aromatic carbocycles. The molecule has 0 bridgehead atoms. The molecule has 4 aromatic rings. The molecule has 0 unspecified atom stereocenters. The van der Waals surface area contributed by atoms with Crippen molar-refractivity contribution in [2.75, 3.05) is 0 Å². The summed E-state index contributed by atoms with van der Waals surface area (Å²) in [6.07, 6.45) is 0. The Kier molecular flexibility index (Phi) is 7.60. The Morgan fingerprint density at radius 3 is 2.26 bits per heavy atom. The summed E-state index contributed by atoms with van der Waals surface area (Å²) in [6.45, 7) is -0.235. The Bertz CT molecular complexity index is 1430. The van der Waals surface area contributed by atoms with Crippen LogP contribution in [0.5, 0.6) is 11.5 Å². The third-order valence-electron chi connectivity index (χ3n) is 4.65. The Morgan fingerprint density at radius 2 is 1.60 bits per heavy atom. The van der Waals surface area contributed by atoms with Crippen molar-refractivity contribution in [3.63, 3.8) is 0 Å². The van der Waals surface area contributed by atoms with E-state index in [-0.39, 0.29) is 23.5 Å². The largest absolute Gasteiger partial charge is 0.423 e. The average molecular weight is 526 g/mol. The summed E-state index contributed by atoms with van der Waals surface area (Å²) < 4.78 is 11.7. The van der Waals surface area contributed by atoms with Crippen LogP contribution in [0.2, 0.25) is 0 Å². The zero-order valence-electron chi connectivity index (χ0n) is 17.7. The van der Waals surface area contributed by atoms with Crippen molar-refractivity contribution in [2.45, 2.75) is 6.61 Å². The molecule has 8 nitrogen and oxygen atoms in total. The van der Waals surface area contributed by atoms with Gasteiger partial charge >= 0.3 is 11.9 Å². The summed E-state index contributed by atoms with van der Waals surface area (Å²) in [5, 5.41) is 9.40. The molecule has 0 saturated heterocycles. The highest BCUT2D eigenvalue weighted by Gasteiger charge is 2.18. The van der Waals surface area contributed by atoms with Gasteiger partial charge in [-0.05, 0) is 65.7 Å². The molecule has 0 N–H and O–H groups in total. The number of esters is 2. The predicted molar refractivity (Wildman–Crippen MR) is 133 cm³/mol. The summed E-state index contributed by atoms with van der Waals surface area (Å²) in [4.78, 5) is 41.0. The minimum Gasteiger partial charge on any atom is -0.423 e. The standard InChI is InChI=1S/C24H15NO7S3/c26-23(17-7-5-15(6-8-17)14-30-25(28)29)32-20-4-2-1-3-19(20)24(27)31-18-11-9-16(10-12-18)21-13-22(33)35-34-21/h1-13H,14H2. The Morgan fingerprint density at radius 1 is 0.886 bits per heavy atom. The molecule has 176 valence electrons. The highest BCUT2D eigenvalue weighted by molar-refractivity contribution is 7.80. The van der Waals surface area contributed by atoms with Gasteiger partial charge in [0.25, 0.3) is 5.09 Å². The van der Waals surface area contributed by atoms with E-state index < -0.39 is 17.0 Å². The fourth-order valence-electron chi connectivity index (χ4n) is 2.97. The van der Waals surface area contributed by atoms with E-state index in [9.17, 15) is 19.7 Å². The number of hydrogen-bond donors (Lipinski definition) is 0. The number of ether oxygens (including phenoxy) is 2. The minimum absolute atomic E-state index is 0.0397. The van der Waals surface area contributed by atoms with Crippen LogP contribution in [0.1, 0.15) is 26.3 Å². The SMILES string of the molecule is O=C(Oc1ccccc1C(=O)Oc1ccc(-c2cc(=S)ss2)cc1)c1ccc(CO[N+](=O)[O-])cc1. The molecule has 35 heavy (non-hydrogen) atoms. The van der Waals surface area contributed by atoms with Gasteiger partial charge < -0.3 is 14.3 Å². The second-order valence-electron chi connectivity index (χ2n) is 6.99. The molecule has 0 aliphatic rings. The lowest BCUT2D eigenvalue weighted by Crippen LogP contribution is -2.14. The summed E-state index contributed by atoms with van der Waals surface area (Å²) >= 11 is 5.16. The van der Waals surface area contributed by atoms with Crippen molar-refractivity contribution in [1.29, 1.82) is 0 Å². The normalized spacial score (nSPS) is 10.4. The van der Waals surface area contributed by atoms with Gasteiger partial charge in [0.2, 0.25) is 0 Å². The quantitative estimate of drug-likeness (QED) is 0.0654. The summed E-state index contributed by atoms with van der Waals surface area (Å²) in [7, 11) is 3.10. The van der Waals surface area contributed by atoms with Gasteiger partial charge in [0.05, 0.1) is 5.56 Å². The fraction of sp³-hybridized carbons (Fsp3) is 0.0417. The van der Waals surface area contributed by atoms with Crippen LogP contribution < -0.4 is 9.47 Å². The van der Waals surface area contributed by atoms with Crippen LogP contribution in [-0.4, -0.2) is 17.0 Å². The lowest BCUT2D eigenvalue weighted by molar-refractivity contribution is -0.763. The first-order valence-electron chi connectivity index (χ1n) is 9.99. The second-order valence-corrected chi connectivity index (χ2v) is 9.90. The molecule has 0 aliphatic carbocycles. The van der Waals surface area contributed by atoms with E-state index in [0.29, 0.717) is 11.3 Å². The topological polar surface area (TPSA) is 105 Å². The lowest BCUT2D eigenvalue weighted by Gasteiger charge is -2.10. The molecule has 0 amide bonds. The maximum atomic E-state index is 12.8. The molecule has 0 saturated carbocycles. The second kappa shape index (κ2) is 11.0. The number of carbonyl (C=O) groups is 2. The smallest absolute Gasteiger partial charge is 0.347 e. The van der Waals surface area contributed by atoms with E-state index in [0.717, 1.165) is 14.3 Å². The summed E-state index contributed by atoms with van der Waals surface area (Å²) in [5.74, 6) is -1.00. The maximum absolute atomic E-state index is 12.8. The number of nitrogens with zero attached hydrogens (tertiary/aromatic N) is 1. The highest BCUT2D eigenvalue weighted by atomic mass is 32.9. The predicted octanol–water partition coefficient (Wildman–Crippen LogP) is 6.35. The fourth-order valence-corrected chi connectivity index (χ4v) is 5.37. The van der Waals surface area contributed by atoms with Crippen molar-refractivity contribution in [3.05, 3.63) is 109 Å². The first-order valence-corrected chi connectivity index (χ1v) is 12.5. The van der Waals surface area contributed by atoms with Crippen LogP contribution in [0, 0.1) is 13.9 Å².